The molecule has 9 heteroatoms. The average molecular weight is 428 g/mol. The highest BCUT2D eigenvalue weighted by Gasteiger charge is 2.35. The van der Waals surface area contributed by atoms with Crippen LogP contribution in [-0.2, 0) is 4.79 Å². The number of carbonyl (C=O) groups excluding carboxylic acids is 1. The van der Waals surface area contributed by atoms with E-state index in [1.807, 2.05) is 39.0 Å². The molecule has 0 saturated carbocycles. The molecule has 8 nitrogen and oxygen atoms in total. The average Bonchev–Trinajstić information content (AvgIpc) is 3.04. The summed E-state index contributed by atoms with van der Waals surface area (Å²) in [5, 5.41) is 15.8. The van der Waals surface area contributed by atoms with Gasteiger partial charge in [0.05, 0.1) is 18.9 Å². The van der Waals surface area contributed by atoms with E-state index >= 15 is 0 Å². The van der Waals surface area contributed by atoms with E-state index in [1.165, 1.54) is 0 Å². The normalized spacial score (nSPS) is 15.7. The molecule has 4 rings (SSSR count). The van der Waals surface area contributed by atoms with E-state index in [9.17, 15) is 4.79 Å². The molecule has 0 saturated heterocycles. The SMILES string of the molecule is COc1cccc([C@@H]2CC(=O)Nc3c2c(C)nn3-c2ccc(Cl)nn2)c1OC(C)C. The number of para-hydroxylation sites is 1. The maximum absolute atomic E-state index is 12.7. The van der Waals surface area contributed by atoms with Crippen LogP contribution >= 0.6 is 11.6 Å². The molecule has 0 aliphatic carbocycles. The summed E-state index contributed by atoms with van der Waals surface area (Å²) >= 11 is 5.86. The highest BCUT2D eigenvalue weighted by atomic mass is 35.5. The number of halogens is 1. The number of amides is 1. The standard InChI is InChI=1S/C21H22ClN5O3/c1-11(2)30-20-13(6-5-7-15(20)29-4)14-10-18(28)23-21-19(14)12(3)26-27(21)17-9-8-16(22)24-25-17/h5-9,11,14H,10H2,1-4H3,(H,23,28)/t14-/m0/s1. The molecular formula is C21H22ClN5O3. The first kappa shape index (κ1) is 20.2. The Morgan fingerprint density at radius 1 is 1.23 bits per heavy atom. The van der Waals surface area contributed by atoms with Crippen LogP contribution in [0.5, 0.6) is 11.5 Å². The minimum atomic E-state index is -0.244. The number of fused-ring (bicyclic) bond motifs is 1. The maximum Gasteiger partial charge on any atom is 0.226 e. The fourth-order valence-corrected chi connectivity index (χ4v) is 3.83. The molecular weight excluding hydrogens is 406 g/mol. The number of nitrogens with zero attached hydrogens (tertiary/aromatic N) is 4. The number of anilines is 1. The molecule has 1 aliphatic rings. The van der Waals surface area contributed by atoms with Crippen molar-refractivity contribution in [2.24, 2.45) is 0 Å². The Kier molecular flexibility index (Phi) is 5.34. The molecule has 3 heterocycles. The molecule has 3 aromatic rings. The Morgan fingerprint density at radius 2 is 2.03 bits per heavy atom. The third kappa shape index (κ3) is 3.59. The monoisotopic (exact) mass is 427 g/mol. The van der Waals surface area contributed by atoms with Crippen LogP contribution in [0.15, 0.2) is 30.3 Å². The van der Waals surface area contributed by atoms with E-state index < -0.39 is 0 Å². The second-order valence-electron chi connectivity index (χ2n) is 7.32. The number of hydrogen-bond acceptors (Lipinski definition) is 6. The number of aromatic nitrogens is 4. The van der Waals surface area contributed by atoms with Gasteiger partial charge in [-0.2, -0.15) is 9.78 Å². The molecule has 0 fully saturated rings. The first-order valence-electron chi connectivity index (χ1n) is 9.61. The summed E-state index contributed by atoms with van der Waals surface area (Å²) in [6.45, 7) is 5.82. The topological polar surface area (TPSA) is 91.2 Å². The summed E-state index contributed by atoms with van der Waals surface area (Å²) in [6.07, 6.45) is 0.220. The van der Waals surface area contributed by atoms with Gasteiger partial charge < -0.3 is 14.8 Å². The van der Waals surface area contributed by atoms with Crippen LogP contribution < -0.4 is 14.8 Å². The van der Waals surface area contributed by atoms with Crippen molar-refractivity contribution in [3.63, 3.8) is 0 Å². The van der Waals surface area contributed by atoms with E-state index in [2.05, 4.69) is 20.6 Å². The lowest BCUT2D eigenvalue weighted by Crippen LogP contribution is -2.25. The predicted molar refractivity (Wildman–Crippen MR) is 113 cm³/mol. The van der Waals surface area contributed by atoms with Gasteiger partial charge >= 0.3 is 0 Å². The zero-order chi connectivity index (χ0) is 21.4. The van der Waals surface area contributed by atoms with Crippen LogP contribution in [0.25, 0.3) is 5.82 Å². The largest absolute Gasteiger partial charge is 0.493 e. The number of carbonyl (C=O) groups is 1. The zero-order valence-electron chi connectivity index (χ0n) is 17.1. The predicted octanol–water partition coefficient (Wildman–Crippen LogP) is 3.89. The van der Waals surface area contributed by atoms with E-state index in [-0.39, 0.29) is 29.5 Å². The summed E-state index contributed by atoms with van der Waals surface area (Å²) in [5.41, 5.74) is 2.57. The minimum Gasteiger partial charge on any atom is -0.493 e. The van der Waals surface area contributed by atoms with Gasteiger partial charge in [-0.15, -0.1) is 10.2 Å². The van der Waals surface area contributed by atoms with Gasteiger partial charge in [0.15, 0.2) is 22.5 Å². The van der Waals surface area contributed by atoms with E-state index in [1.54, 1.807) is 23.9 Å². The van der Waals surface area contributed by atoms with Crippen molar-refractivity contribution < 1.29 is 14.3 Å². The van der Waals surface area contributed by atoms with Crippen molar-refractivity contribution in [1.29, 1.82) is 0 Å². The fraction of sp³-hybridized carbons (Fsp3) is 0.333. The molecule has 2 aromatic heterocycles. The Hall–Kier alpha value is -3.13. The van der Waals surface area contributed by atoms with Crippen molar-refractivity contribution in [3.8, 4) is 17.3 Å². The highest BCUT2D eigenvalue weighted by molar-refractivity contribution is 6.29. The smallest absolute Gasteiger partial charge is 0.226 e. The lowest BCUT2D eigenvalue weighted by atomic mass is 9.85. The summed E-state index contributed by atoms with van der Waals surface area (Å²) in [5.74, 6) is 1.94. The molecule has 0 radical (unpaired) electrons. The van der Waals surface area contributed by atoms with Crippen LogP contribution in [0.3, 0.4) is 0 Å². The summed E-state index contributed by atoms with van der Waals surface area (Å²) in [7, 11) is 1.60. The molecule has 0 bridgehead atoms. The van der Waals surface area contributed by atoms with Gasteiger partial charge in [-0.1, -0.05) is 23.7 Å². The Morgan fingerprint density at radius 3 is 2.70 bits per heavy atom. The van der Waals surface area contributed by atoms with Gasteiger partial charge in [0.2, 0.25) is 5.91 Å². The van der Waals surface area contributed by atoms with Crippen LogP contribution in [0, 0.1) is 6.92 Å². The van der Waals surface area contributed by atoms with Gasteiger partial charge in [-0.3, -0.25) is 4.79 Å². The number of rotatable bonds is 5. The zero-order valence-corrected chi connectivity index (χ0v) is 17.9. The lowest BCUT2D eigenvalue weighted by Gasteiger charge is -2.27. The van der Waals surface area contributed by atoms with Crippen LogP contribution in [-0.4, -0.2) is 39.1 Å². The first-order valence-corrected chi connectivity index (χ1v) is 9.99. The Balaban J connectivity index is 1.88. The third-order valence-electron chi connectivity index (χ3n) is 4.90. The molecule has 1 amide bonds. The lowest BCUT2D eigenvalue weighted by molar-refractivity contribution is -0.116. The van der Waals surface area contributed by atoms with E-state index in [0.717, 1.165) is 16.8 Å². The van der Waals surface area contributed by atoms with Crippen LogP contribution in [0.1, 0.15) is 43.0 Å². The molecule has 0 unspecified atom stereocenters. The second-order valence-corrected chi connectivity index (χ2v) is 7.71. The van der Waals surface area contributed by atoms with Crippen molar-refractivity contribution in [2.75, 3.05) is 12.4 Å². The Labute approximate surface area is 179 Å². The van der Waals surface area contributed by atoms with Gasteiger partial charge in [-0.05, 0) is 39.0 Å². The number of benzene rings is 1. The van der Waals surface area contributed by atoms with Crippen molar-refractivity contribution in [3.05, 3.63) is 52.3 Å². The van der Waals surface area contributed by atoms with Crippen LogP contribution in [0.4, 0.5) is 5.82 Å². The van der Waals surface area contributed by atoms with E-state index in [4.69, 9.17) is 21.1 Å². The molecule has 156 valence electrons. The summed E-state index contributed by atoms with van der Waals surface area (Å²) < 4.78 is 13.2. The number of methoxy groups -OCH3 is 1. The molecule has 1 atom stereocenters. The van der Waals surface area contributed by atoms with Crippen molar-refractivity contribution in [1.82, 2.24) is 20.0 Å². The minimum absolute atomic E-state index is 0.0508. The highest BCUT2D eigenvalue weighted by Crippen LogP contribution is 2.45. The maximum atomic E-state index is 12.7. The van der Waals surface area contributed by atoms with Gasteiger partial charge in [0.1, 0.15) is 5.82 Å². The van der Waals surface area contributed by atoms with E-state index in [0.29, 0.717) is 23.1 Å². The number of aryl methyl sites for hydroxylation is 1. The fourth-order valence-electron chi connectivity index (χ4n) is 3.73. The summed E-state index contributed by atoms with van der Waals surface area (Å²) in [4.78, 5) is 12.7. The molecule has 0 spiro atoms. The second kappa shape index (κ2) is 7.95. The molecule has 30 heavy (non-hydrogen) atoms. The van der Waals surface area contributed by atoms with Gasteiger partial charge in [0.25, 0.3) is 0 Å². The first-order chi connectivity index (χ1) is 14.4. The number of ether oxygens (including phenoxy) is 2. The van der Waals surface area contributed by atoms with Gasteiger partial charge in [0, 0.05) is 23.5 Å². The van der Waals surface area contributed by atoms with Crippen molar-refractivity contribution in [2.45, 2.75) is 39.2 Å². The molecule has 1 aromatic carbocycles. The van der Waals surface area contributed by atoms with Crippen molar-refractivity contribution >= 4 is 23.3 Å². The number of hydrogen-bond donors (Lipinski definition) is 1. The molecule has 1 N–H and O–H groups in total. The van der Waals surface area contributed by atoms with Gasteiger partial charge in [-0.25, -0.2) is 0 Å². The Bertz CT molecular complexity index is 1090. The quantitative estimate of drug-likeness (QED) is 0.664. The summed E-state index contributed by atoms with van der Waals surface area (Å²) in [6, 6.07) is 9.05. The third-order valence-corrected chi connectivity index (χ3v) is 5.10. The van der Waals surface area contributed by atoms with Crippen LogP contribution in [0.2, 0.25) is 5.15 Å². The number of nitrogens with one attached hydrogen (secondary N) is 1. The molecule has 1 aliphatic heterocycles.